The van der Waals surface area contributed by atoms with E-state index in [1.165, 1.54) is 7.11 Å². The normalized spacial score (nSPS) is 15.3. The molecule has 3 heterocycles. The maximum absolute atomic E-state index is 12.5. The van der Waals surface area contributed by atoms with Crippen molar-refractivity contribution in [3.05, 3.63) is 57.6 Å². The number of carbonyl (C=O) groups excluding carboxylic acids is 1. The molecule has 1 aromatic carbocycles. The first-order valence-electron chi connectivity index (χ1n) is 9.39. The zero-order chi connectivity index (χ0) is 21.4. The number of aromatic nitrogens is 1. The molecule has 1 aliphatic rings. The number of nitrogens with zero attached hydrogens (tertiary/aromatic N) is 2. The number of primary amides is 1. The largest absolute Gasteiger partial charge is 0.496 e. The van der Waals surface area contributed by atoms with Crippen LogP contribution in [0.5, 0.6) is 11.6 Å². The van der Waals surface area contributed by atoms with Crippen LogP contribution in [0.3, 0.4) is 0 Å². The Balaban J connectivity index is 2.09. The Kier molecular flexibility index (Phi) is 5.06. The molecule has 0 saturated heterocycles. The molecule has 0 aliphatic carbocycles. The third-order valence-electron chi connectivity index (χ3n) is 5.11. The molecule has 0 saturated carbocycles. The van der Waals surface area contributed by atoms with Gasteiger partial charge in [0.1, 0.15) is 5.75 Å². The van der Waals surface area contributed by atoms with Crippen LogP contribution in [0.15, 0.2) is 40.9 Å². The van der Waals surface area contributed by atoms with Crippen LogP contribution in [-0.2, 0) is 4.79 Å². The maximum atomic E-state index is 12.5. The number of ether oxygens (including phenoxy) is 2. The Morgan fingerprint density at radius 3 is 2.87 bits per heavy atom. The van der Waals surface area contributed by atoms with Gasteiger partial charge in [-0.05, 0) is 37.4 Å². The van der Waals surface area contributed by atoms with Crippen molar-refractivity contribution in [1.29, 1.82) is 5.26 Å². The van der Waals surface area contributed by atoms with Crippen LogP contribution in [0.25, 0.3) is 10.2 Å². The highest BCUT2D eigenvalue weighted by Crippen LogP contribution is 2.50. The predicted octanol–water partition coefficient (Wildman–Crippen LogP) is 3.89. The second-order valence-corrected chi connectivity index (χ2v) is 7.72. The molecule has 3 N–H and O–H groups in total. The lowest BCUT2D eigenvalue weighted by atomic mass is 9.80. The number of pyridine rings is 1. The summed E-state index contributed by atoms with van der Waals surface area (Å²) in [4.78, 5) is 17.2. The molecule has 0 spiro atoms. The fraction of sp³-hybridized carbons (Fsp3) is 0.227. The van der Waals surface area contributed by atoms with Gasteiger partial charge in [0.2, 0.25) is 11.8 Å². The first-order valence-corrected chi connectivity index (χ1v) is 10.3. The zero-order valence-electron chi connectivity index (χ0n) is 16.8. The van der Waals surface area contributed by atoms with Crippen LogP contribution in [0.1, 0.15) is 36.5 Å². The Morgan fingerprint density at radius 2 is 2.20 bits per heavy atom. The molecule has 0 fully saturated rings. The van der Waals surface area contributed by atoms with Gasteiger partial charge in [-0.2, -0.15) is 5.26 Å². The number of nitriles is 1. The molecule has 8 heteroatoms. The lowest BCUT2D eigenvalue weighted by molar-refractivity contribution is -0.114. The van der Waals surface area contributed by atoms with Gasteiger partial charge >= 0.3 is 0 Å². The highest BCUT2D eigenvalue weighted by atomic mass is 32.1. The molecule has 3 aromatic rings. The Labute approximate surface area is 177 Å². The van der Waals surface area contributed by atoms with E-state index < -0.39 is 11.8 Å². The van der Waals surface area contributed by atoms with Crippen LogP contribution in [0.4, 0.5) is 5.69 Å². The van der Waals surface area contributed by atoms with Gasteiger partial charge < -0.3 is 20.5 Å². The molecular formula is C22H20N4O3S. The number of benzene rings is 1. The van der Waals surface area contributed by atoms with Crippen molar-refractivity contribution < 1.29 is 14.3 Å². The number of hydrogen-bond donors (Lipinski definition) is 2. The molecule has 1 amide bonds. The van der Waals surface area contributed by atoms with Crippen LogP contribution in [0.2, 0.25) is 0 Å². The minimum absolute atomic E-state index is 0.407. The van der Waals surface area contributed by atoms with Gasteiger partial charge in [-0.25, -0.2) is 4.98 Å². The van der Waals surface area contributed by atoms with Crippen molar-refractivity contribution in [3.8, 4) is 17.7 Å². The number of allylic oxidation sites excluding steroid dienone is 1. The summed E-state index contributed by atoms with van der Waals surface area (Å²) in [5.74, 6) is -0.168. The molecule has 1 unspecified atom stereocenters. The van der Waals surface area contributed by atoms with Crippen LogP contribution in [-0.4, -0.2) is 24.6 Å². The maximum Gasteiger partial charge on any atom is 0.247 e. The minimum atomic E-state index is -0.554. The van der Waals surface area contributed by atoms with Gasteiger partial charge in [0.15, 0.2) is 0 Å². The number of nitrogens with two attached hydrogens (primary N) is 1. The Morgan fingerprint density at radius 1 is 1.40 bits per heavy atom. The summed E-state index contributed by atoms with van der Waals surface area (Å²) in [7, 11) is 1.53. The SMILES string of the molecule is CCOc1nc2ccsc2c2c1C(c1ccc(C#N)cc1OC)C(C(N)=O)=C(C)N2. The topological polar surface area (TPSA) is 110 Å². The number of methoxy groups -OCH3 is 1. The number of nitrogens with one attached hydrogen (secondary N) is 1. The number of carbonyl (C=O) groups is 1. The van der Waals surface area contributed by atoms with Crippen LogP contribution < -0.4 is 20.5 Å². The molecule has 2 aromatic heterocycles. The lowest BCUT2D eigenvalue weighted by Gasteiger charge is -2.31. The number of rotatable bonds is 5. The average molecular weight is 420 g/mol. The fourth-order valence-corrected chi connectivity index (χ4v) is 4.73. The van der Waals surface area contributed by atoms with Crippen molar-refractivity contribution in [1.82, 2.24) is 4.98 Å². The molecule has 152 valence electrons. The summed E-state index contributed by atoms with van der Waals surface area (Å²) in [6.07, 6.45) is 0. The van der Waals surface area contributed by atoms with Gasteiger partial charge in [-0.3, -0.25) is 4.79 Å². The molecule has 1 aliphatic heterocycles. The van der Waals surface area contributed by atoms with Gasteiger partial charge in [0, 0.05) is 16.8 Å². The molecule has 0 bridgehead atoms. The van der Waals surface area contributed by atoms with E-state index in [0.717, 1.165) is 21.5 Å². The Bertz CT molecular complexity index is 1240. The number of hydrogen-bond acceptors (Lipinski definition) is 7. The smallest absolute Gasteiger partial charge is 0.247 e. The van der Waals surface area contributed by atoms with Crippen molar-refractivity contribution >= 4 is 33.1 Å². The fourth-order valence-electron chi connectivity index (χ4n) is 3.89. The van der Waals surface area contributed by atoms with Gasteiger partial charge in [0.05, 0.1) is 52.7 Å². The summed E-state index contributed by atoms with van der Waals surface area (Å²) in [6.45, 7) is 4.13. The summed E-state index contributed by atoms with van der Waals surface area (Å²) in [5, 5.41) is 14.6. The average Bonchev–Trinajstić information content (AvgIpc) is 3.21. The number of anilines is 1. The molecule has 0 radical (unpaired) electrons. The van der Waals surface area contributed by atoms with Crippen molar-refractivity contribution in [2.24, 2.45) is 5.73 Å². The number of thiophene rings is 1. The standard InChI is InChI=1S/C22H20N4O3S/c1-4-29-22-18-17(13-6-5-12(10-23)9-15(13)28-3)16(21(24)27)11(2)25-19(18)20-14(26-22)7-8-30-20/h5-9,17,25H,4H2,1-3H3,(H2,24,27). The van der Waals surface area contributed by atoms with Gasteiger partial charge in [-0.1, -0.05) is 6.07 Å². The second kappa shape index (κ2) is 7.69. The first-order chi connectivity index (χ1) is 14.5. The summed E-state index contributed by atoms with van der Waals surface area (Å²) >= 11 is 1.56. The molecule has 4 rings (SSSR count). The highest BCUT2D eigenvalue weighted by Gasteiger charge is 2.37. The van der Waals surface area contributed by atoms with E-state index in [1.54, 1.807) is 29.5 Å². The quantitative estimate of drug-likeness (QED) is 0.648. The first kappa shape index (κ1) is 19.7. The molecule has 30 heavy (non-hydrogen) atoms. The molecule has 7 nitrogen and oxygen atoms in total. The van der Waals surface area contributed by atoms with E-state index in [2.05, 4.69) is 11.4 Å². The van der Waals surface area contributed by atoms with Crippen LogP contribution in [0, 0.1) is 11.3 Å². The molecule has 1 atom stereocenters. The second-order valence-electron chi connectivity index (χ2n) is 6.80. The predicted molar refractivity (Wildman–Crippen MR) is 116 cm³/mol. The van der Waals surface area contributed by atoms with Gasteiger partial charge in [-0.15, -0.1) is 11.3 Å². The summed E-state index contributed by atoms with van der Waals surface area (Å²) < 4.78 is 12.5. The van der Waals surface area contributed by atoms with Crippen LogP contribution >= 0.6 is 11.3 Å². The van der Waals surface area contributed by atoms with E-state index in [1.807, 2.05) is 25.3 Å². The number of amides is 1. The van der Waals surface area contributed by atoms with Crippen molar-refractivity contribution in [2.75, 3.05) is 19.0 Å². The third kappa shape index (κ3) is 3.04. The summed E-state index contributed by atoms with van der Waals surface area (Å²) in [6, 6.07) is 9.20. The summed E-state index contributed by atoms with van der Waals surface area (Å²) in [5.41, 5.74) is 10.5. The minimum Gasteiger partial charge on any atom is -0.496 e. The monoisotopic (exact) mass is 420 g/mol. The highest BCUT2D eigenvalue weighted by molar-refractivity contribution is 7.17. The van der Waals surface area contributed by atoms with Crippen molar-refractivity contribution in [2.45, 2.75) is 19.8 Å². The Hall–Kier alpha value is -3.57. The van der Waals surface area contributed by atoms with E-state index >= 15 is 0 Å². The van der Waals surface area contributed by atoms with E-state index in [0.29, 0.717) is 40.6 Å². The van der Waals surface area contributed by atoms with E-state index in [9.17, 15) is 10.1 Å². The number of fused-ring (bicyclic) bond motifs is 3. The van der Waals surface area contributed by atoms with Crippen molar-refractivity contribution in [3.63, 3.8) is 0 Å². The zero-order valence-corrected chi connectivity index (χ0v) is 17.6. The van der Waals surface area contributed by atoms with E-state index in [4.69, 9.17) is 20.2 Å². The molecular weight excluding hydrogens is 400 g/mol. The lowest BCUT2D eigenvalue weighted by Crippen LogP contribution is -2.28. The van der Waals surface area contributed by atoms with Gasteiger partial charge in [0.25, 0.3) is 0 Å². The van der Waals surface area contributed by atoms with E-state index in [-0.39, 0.29) is 0 Å². The third-order valence-corrected chi connectivity index (χ3v) is 6.03.